The summed E-state index contributed by atoms with van der Waals surface area (Å²) < 4.78 is 41.1. The van der Waals surface area contributed by atoms with Crippen molar-refractivity contribution < 1.29 is 17.9 Å². The van der Waals surface area contributed by atoms with Gasteiger partial charge >= 0.3 is 6.36 Å². The summed E-state index contributed by atoms with van der Waals surface area (Å²) in [5.74, 6) is -0.117. The number of hydrogen-bond acceptors (Lipinski definition) is 2. The lowest BCUT2D eigenvalue weighted by molar-refractivity contribution is -0.304. The highest BCUT2D eigenvalue weighted by atomic mass is 35.5. The van der Waals surface area contributed by atoms with E-state index in [1.807, 2.05) is 20.8 Å². The molecule has 0 aromatic rings. The molecule has 1 rings (SSSR count). The predicted octanol–water partition coefficient (Wildman–Crippen LogP) is 5.66. The normalized spacial score (nSPS) is 17.0. The minimum atomic E-state index is -4.77. The van der Waals surface area contributed by atoms with E-state index in [1.165, 1.54) is 11.1 Å². The van der Waals surface area contributed by atoms with Crippen LogP contribution >= 0.6 is 11.6 Å². The molecule has 6 heteroatoms. The molecule has 0 spiro atoms. The summed E-state index contributed by atoms with van der Waals surface area (Å²) in [4.78, 5) is 1.48. The molecule has 0 aliphatic carbocycles. The summed E-state index contributed by atoms with van der Waals surface area (Å²) in [6.45, 7) is 9.76. The van der Waals surface area contributed by atoms with Crippen LogP contribution in [-0.2, 0) is 4.74 Å². The van der Waals surface area contributed by atoms with Crippen molar-refractivity contribution in [3.8, 4) is 0 Å². The topological polar surface area (TPSA) is 12.5 Å². The third-order valence-corrected chi connectivity index (χ3v) is 3.15. The predicted molar refractivity (Wildman–Crippen MR) is 78.0 cm³/mol. The van der Waals surface area contributed by atoms with Crippen molar-refractivity contribution in [2.24, 2.45) is 5.92 Å². The molecule has 0 saturated heterocycles. The number of ether oxygens (including phenoxy) is 1. The molecule has 0 unspecified atom stereocenters. The van der Waals surface area contributed by atoms with Crippen molar-refractivity contribution in [1.29, 1.82) is 0 Å². The van der Waals surface area contributed by atoms with Gasteiger partial charge in [-0.25, -0.2) is 0 Å². The Morgan fingerprint density at radius 3 is 2.57 bits per heavy atom. The van der Waals surface area contributed by atoms with E-state index in [0.29, 0.717) is 0 Å². The second kappa shape index (κ2) is 7.07. The van der Waals surface area contributed by atoms with Gasteiger partial charge in [0.1, 0.15) is 0 Å². The maximum atomic E-state index is 12.4. The molecule has 0 amide bonds. The summed E-state index contributed by atoms with van der Waals surface area (Å²) in [7, 11) is 0. The Hall–Kier alpha value is -1.36. The Morgan fingerprint density at radius 2 is 2.10 bits per heavy atom. The Labute approximate surface area is 128 Å². The molecule has 0 aromatic heterocycles. The van der Waals surface area contributed by atoms with Gasteiger partial charge in [-0.2, -0.15) is 0 Å². The van der Waals surface area contributed by atoms with Crippen LogP contribution in [0.3, 0.4) is 0 Å². The van der Waals surface area contributed by atoms with Gasteiger partial charge in [-0.3, -0.25) is 0 Å². The van der Waals surface area contributed by atoms with Gasteiger partial charge < -0.3 is 9.64 Å². The Balaban J connectivity index is 3.03. The lowest BCUT2D eigenvalue weighted by Gasteiger charge is -2.27. The van der Waals surface area contributed by atoms with E-state index in [0.717, 1.165) is 24.5 Å². The molecule has 1 aliphatic heterocycles. The largest absolute Gasteiger partial charge is 0.573 e. The van der Waals surface area contributed by atoms with Gasteiger partial charge in [-0.05, 0) is 12.3 Å². The number of allylic oxidation sites excluding steroid dienone is 3. The van der Waals surface area contributed by atoms with Crippen LogP contribution < -0.4 is 0 Å². The Morgan fingerprint density at radius 1 is 1.48 bits per heavy atom. The maximum absolute atomic E-state index is 12.4. The van der Waals surface area contributed by atoms with Gasteiger partial charge in [0, 0.05) is 18.5 Å². The van der Waals surface area contributed by atoms with E-state index in [2.05, 4.69) is 11.3 Å². The zero-order valence-electron chi connectivity index (χ0n) is 12.3. The number of hydrogen-bond donors (Lipinski definition) is 0. The van der Waals surface area contributed by atoms with Crippen LogP contribution in [0.2, 0.25) is 0 Å². The molecule has 0 bridgehead atoms. The fourth-order valence-corrected chi connectivity index (χ4v) is 2.09. The van der Waals surface area contributed by atoms with Crippen LogP contribution in [0.5, 0.6) is 0 Å². The van der Waals surface area contributed by atoms with Crippen LogP contribution in [0.15, 0.2) is 47.1 Å². The molecule has 1 heterocycles. The first-order valence-electron chi connectivity index (χ1n) is 6.67. The van der Waals surface area contributed by atoms with Crippen LogP contribution in [0, 0.1) is 5.92 Å². The molecule has 0 radical (unpaired) electrons. The Kier molecular flexibility index (Phi) is 5.96. The lowest BCUT2D eigenvalue weighted by atomic mass is 9.99. The average Bonchev–Trinajstić information content (AvgIpc) is 2.32. The molecule has 118 valence electrons. The van der Waals surface area contributed by atoms with Crippen LogP contribution in [0.1, 0.15) is 33.6 Å². The molecular weight excluding hydrogens is 303 g/mol. The molecule has 21 heavy (non-hydrogen) atoms. The van der Waals surface area contributed by atoms with E-state index < -0.39 is 12.1 Å². The highest BCUT2D eigenvalue weighted by molar-refractivity contribution is 6.31. The van der Waals surface area contributed by atoms with Gasteiger partial charge in [0.15, 0.2) is 5.76 Å². The summed E-state index contributed by atoms with van der Waals surface area (Å²) in [6, 6.07) is 0. The van der Waals surface area contributed by atoms with Crippen molar-refractivity contribution in [3.05, 3.63) is 47.1 Å². The SMILES string of the molecule is C=C1C(OC(F)(F)F)=CC(Cl)=CN1/C=C(\CCC)C(C)C. The van der Waals surface area contributed by atoms with Crippen molar-refractivity contribution in [2.45, 2.75) is 40.0 Å². The molecule has 2 nitrogen and oxygen atoms in total. The first kappa shape index (κ1) is 17.7. The molecule has 0 fully saturated rings. The molecule has 0 N–H and O–H groups in total. The summed E-state index contributed by atoms with van der Waals surface area (Å²) in [5.41, 5.74) is 1.21. The van der Waals surface area contributed by atoms with Crippen molar-refractivity contribution in [3.63, 3.8) is 0 Å². The zero-order chi connectivity index (χ0) is 16.2. The van der Waals surface area contributed by atoms with Crippen LogP contribution in [0.25, 0.3) is 0 Å². The van der Waals surface area contributed by atoms with Crippen LogP contribution in [0.4, 0.5) is 13.2 Å². The summed E-state index contributed by atoms with van der Waals surface area (Å²) in [6.07, 6.45) is 1.42. The van der Waals surface area contributed by atoms with Gasteiger partial charge in [0.25, 0.3) is 0 Å². The van der Waals surface area contributed by atoms with Crippen molar-refractivity contribution >= 4 is 11.6 Å². The molecular formula is C15H19ClF3NO. The monoisotopic (exact) mass is 321 g/mol. The first-order valence-corrected chi connectivity index (χ1v) is 7.04. The van der Waals surface area contributed by atoms with Crippen molar-refractivity contribution in [1.82, 2.24) is 4.90 Å². The lowest BCUT2D eigenvalue weighted by Crippen LogP contribution is -2.22. The quantitative estimate of drug-likeness (QED) is 0.648. The second-order valence-corrected chi connectivity index (χ2v) is 5.47. The molecule has 0 aromatic carbocycles. The van der Waals surface area contributed by atoms with Crippen molar-refractivity contribution in [2.75, 3.05) is 0 Å². The van der Waals surface area contributed by atoms with E-state index in [9.17, 15) is 13.2 Å². The fraction of sp³-hybridized carbons (Fsp3) is 0.467. The first-order chi connectivity index (χ1) is 9.64. The third kappa shape index (κ3) is 5.50. The van der Waals surface area contributed by atoms with Gasteiger partial charge in [-0.15, -0.1) is 13.2 Å². The van der Waals surface area contributed by atoms with Gasteiger partial charge in [-0.1, -0.05) is 50.9 Å². The van der Waals surface area contributed by atoms with E-state index in [-0.39, 0.29) is 16.6 Å². The van der Waals surface area contributed by atoms with E-state index >= 15 is 0 Å². The number of halogens is 4. The van der Waals surface area contributed by atoms with E-state index in [1.54, 1.807) is 6.20 Å². The summed E-state index contributed by atoms with van der Waals surface area (Å²) >= 11 is 5.87. The second-order valence-electron chi connectivity index (χ2n) is 5.03. The zero-order valence-corrected chi connectivity index (χ0v) is 13.1. The highest BCUT2D eigenvalue weighted by Gasteiger charge is 2.34. The number of alkyl halides is 3. The minimum absolute atomic E-state index is 0.103. The number of nitrogens with zero attached hydrogens (tertiary/aromatic N) is 1. The van der Waals surface area contributed by atoms with Gasteiger partial charge in [0.05, 0.1) is 10.7 Å². The average molecular weight is 322 g/mol. The summed E-state index contributed by atoms with van der Waals surface area (Å²) in [5, 5.41) is 0.150. The third-order valence-electron chi connectivity index (χ3n) is 2.94. The molecule has 1 aliphatic rings. The molecule has 0 saturated carbocycles. The Bertz CT molecular complexity index is 490. The maximum Gasteiger partial charge on any atom is 0.573 e. The standard InChI is InChI=1S/C15H19ClF3NO/c1-5-6-12(10(2)3)8-20-9-13(16)7-14(11(20)4)21-15(17,18)19/h7-10H,4-6H2,1-3H3/b12-8+. The minimum Gasteiger partial charge on any atom is -0.404 e. The number of rotatable bonds is 5. The van der Waals surface area contributed by atoms with E-state index in [4.69, 9.17) is 11.6 Å². The fourth-order valence-electron chi connectivity index (χ4n) is 1.88. The smallest absolute Gasteiger partial charge is 0.404 e. The highest BCUT2D eigenvalue weighted by Crippen LogP contribution is 2.32. The molecule has 0 atom stereocenters. The van der Waals surface area contributed by atoms with Gasteiger partial charge in [0.2, 0.25) is 0 Å². The van der Waals surface area contributed by atoms with Crippen LogP contribution in [-0.4, -0.2) is 11.3 Å².